The highest BCUT2D eigenvalue weighted by molar-refractivity contribution is 5.52. The van der Waals surface area contributed by atoms with Gasteiger partial charge < -0.3 is 15.2 Å². The molecule has 18 heavy (non-hydrogen) atoms. The number of hydrogen-bond acceptors (Lipinski definition) is 3. The molecule has 0 saturated heterocycles. The molecule has 1 saturated carbocycles. The third-order valence-corrected chi connectivity index (χ3v) is 4.05. The van der Waals surface area contributed by atoms with Gasteiger partial charge in [0.05, 0.1) is 0 Å². The van der Waals surface area contributed by atoms with Crippen molar-refractivity contribution in [2.24, 2.45) is 5.73 Å². The van der Waals surface area contributed by atoms with Gasteiger partial charge in [-0.25, -0.2) is 8.78 Å². The SMILES string of the molecule is NCC1(c2cc3c(cc2C(F)F)OCO3)CCC1. The molecule has 2 N–H and O–H groups in total. The van der Waals surface area contributed by atoms with Crippen LogP contribution in [-0.4, -0.2) is 13.3 Å². The third-order valence-electron chi connectivity index (χ3n) is 4.05. The summed E-state index contributed by atoms with van der Waals surface area (Å²) in [7, 11) is 0. The zero-order chi connectivity index (χ0) is 12.8. The molecule has 3 rings (SSSR count). The van der Waals surface area contributed by atoms with E-state index in [9.17, 15) is 8.78 Å². The van der Waals surface area contributed by atoms with Gasteiger partial charge in [-0.15, -0.1) is 0 Å². The Labute approximate surface area is 104 Å². The lowest BCUT2D eigenvalue weighted by Gasteiger charge is -2.42. The molecule has 0 atom stereocenters. The second-order valence-electron chi connectivity index (χ2n) is 4.93. The van der Waals surface area contributed by atoms with Crippen LogP contribution < -0.4 is 15.2 Å². The van der Waals surface area contributed by atoms with E-state index >= 15 is 0 Å². The van der Waals surface area contributed by atoms with Crippen LogP contribution in [0.5, 0.6) is 11.5 Å². The van der Waals surface area contributed by atoms with E-state index in [0.717, 1.165) is 19.3 Å². The van der Waals surface area contributed by atoms with Crippen LogP contribution in [0, 0.1) is 0 Å². The monoisotopic (exact) mass is 255 g/mol. The molecule has 1 aromatic rings. The van der Waals surface area contributed by atoms with Crippen LogP contribution in [0.15, 0.2) is 12.1 Å². The number of benzene rings is 1. The Kier molecular flexibility index (Phi) is 2.66. The lowest BCUT2D eigenvalue weighted by molar-refractivity contribution is 0.143. The number of fused-ring (bicyclic) bond motifs is 1. The fourth-order valence-corrected chi connectivity index (χ4v) is 2.78. The molecule has 1 aliphatic carbocycles. The van der Waals surface area contributed by atoms with E-state index in [1.54, 1.807) is 6.07 Å². The van der Waals surface area contributed by atoms with Gasteiger partial charge in [-0.1, -0.05) is 6.42 Å². The maximum Gasteiger partial charge on any atom is 0.264 e. The second kappa shape index (κ2) is 4.09. The normalized spacial score (nSPS) is 20.0. The average Bonchev–Trinajstić information content (AvgIpc) is 2.74. The molecule has 0 bridgehead atoms. The van der Waals surface area contributed by atoms with E-state index in [2.05, 4.69) is 0 Å². The van der Waals surface area contributed by atoms with Gasteiger partial charge in [-0.2, -0.15) is 0 Å². The zero-order valence-electron chi connectivity index (χ0n) is 9.92. The first-order valence-electron chi connectivity index (χ1n) is 6.08. The van der Waals surface area contributed by atoms with Crippen LogP contribution in [0.4, 0.5) is 8.78 Å². The zero-order valence-corrected chi connectivity index (χ0v) is 9.92. The van der Waals surface area contributed by atoms with Crippen LogP contribution in [0.25, 0.3) is 0 Å². The van der Waals surface area contributed by atoms with Crippen LogP contribution >= 0.6 is 0 Å². The summed E-state index contributed by atoms with van der Waals surface area (Å²) in [5.41, 5.74) is 6.17. The van der Waals surface area contributed by atoms with Crippen molar-refractivity contribution in [3.63, 3.8) is 0 Å². The van der Waals surface area contributed by atoms with Gasteiger partial charge >= 0.3 is 0 Å². The number of ether oxygens (including phenoxy) is 2. The summed E-state index contributed by atoms with van der Waals surface area (Å²) in [4.78, 5) is 0. The molecule has 1 fully saturated rings. The first kappa shape index (κ1) is 11.7. The summed E-state index contributed by atoms with van der Waals surface area (Å²) < 4.78 is 36.8. The van der Waals surface area contributed by atoms with E-state index in [0.29, 0.717) is 23.6 Å². The van der Waals surface area contributed by atoms with Gasteiger partial charge in [0.25, 0.3) is 6.43 Å². The van der Waals surface area contributed by atoms with E-state index in [1.807, 2.05) is 0 Å². The number of rotatable bonds is 3. The topological polar surface area (TPSA) is 44.5 Å². The molecule has 0 amide bonds. The highest BCUT2D eigenvalue weighted by Gasteiger charge is 2.41. The van der Waals surface area contributed by atoms with E-state index in [1.165, 1.54) is 6.07 Å². The highest BCUT2D eigenvalue weighted by Crippen LogP contribution is 2.49. The lowest BCUT2D eigenvalue weighted by atomic mass is 9.63. The number of nitrogens with two attached hydrogens (primary N) is 1. The van der Waals surface area contributed by atoms with Crippen molar-refractivity contribution in [3.8, 4) is 11.5 Å². The van der Waals surface area contributed by atoms with Crippen molar-refractivity contribution >= 4 is 0 Å². The number of halogens is 2. The summed E-state index contributed by atoms with van der Waals surface area (Å²) in [6.07, 6.45) is 0.249. The Balaban J connectivity index is 2.12. The molecule has 1 aliphatic heterocycles. The van der Waals surface area contributed by atoms with Crippen molar-refractivity contribution in [2.45, 2.75) is 31.1 Å². The average molecular weight is 255 g/mol. The minimum atomic E-state index is -2.52. The summed E-state index contributed by atoms with van der Waals surface area (Å²) >= 11 is 0. The molecule has 0 radical (unpaired) electrons. The minimum absolute atomic E-state index is 0.0319. The quantitative estimate of drug-likeness (QED) is 0.903. The standard InChI is InChI=1S/C13H15F2NO2/c14-12(15)8-4-10-11(18-7-17-10)5-9(8)13(6-16)2-1-3-13/h4-5,12H,1-3,6-7,16H2. The summed E-state index contributed by atoms with van der Waals surface area (Å²) in [5.74, 6) is 0.953. The smallest absolute Gasteiger partial charge is 0.264 e. The van der Waals surface area contributed by atoms with E-state index < -0.39 is 6.43 Å². The van der Waals surface area contributed by atoms with Crippen LogP contribution in [0.3, 0.4) is 0 Å². The van der Waals surface area contributed by atoms with Crippen molar-refractivity contribution in [2.75, 3.05) is 13.3 Å². The van der Waals surface area contributed by atoms with Gasteiger partial charge in [0.15, 0.2) is 11.5 Å². The molecular formula is C13H15F2NO2. The Bertz CT molecular complexity index is 467. The molecule has 1 aromatic carbocycles. The van der Waals surface area contributed by atoms with Crippen LogP contribution in [0.1, 0.15) is 36.8 Å². The Morgan fingerprint density at radius 1 is 1.22 bits per heavy atom. The Morgan fingerprint density at radius 3 is 2.39 bits per heavy atom. The summed E-state index contributed by atoms with van der Waals surface area (Å²) in [6, 6.07) is 3.09. The molecule has 0 spiro atoms. The van der Waals surface area contributed by atoms with Crippen molar-refractivity contribution in [1.82, 2.24) is 0 Å². The highest BCUT2D eigenvalue weighted by atomic mass is 19.3. The maximum absolute atomic E-state index is 13.2. The summed E-state index contributed by atoms with van der Waals surface area (Å²) in [6.45, 7) is 0.490. The van der Waals surface area contributed by atoms with E-state index in [4.69, 9.17) is 15.2 Å². The third kappa shape index (κ3) is 1.57. The fraction of sp³-hybridized carbons (Fsp3) is 0.538. The molecule has 98 valence electrons. The molecular weight excluding hydrogens is 240 g/mol. The van der Waals surface area contributed by atoms with Crippen molar-refractivity contribution in [1.29, 1.82) is 0 Å². The van der Waals surface area contributed by atoms with Gasteiger partial charge in [-0.3, -0.25) is 0 Å². The molecule has 5 heteroatoms. The Morgan fingerprint density at radius 2 is 1.89 bits per heavy atom. The number of alkyl halides is 2. The maximum atomic E-state index is 13.2. The molecule has 1 heterocycles. The molecule has 0 unspecified atom stereocenters. The second-order valence-corrected chi connectivity index (χ2v) is 4.93. The fourth-order valence-electron chi connectivity index (χ4n) is 2.78. The predicted molar refractivity (Wildman–Crippen MR) is 62.1 cm³/mol. The van der Waals surface area contributed by atoms with Gasteiger partial charge in [0.1, 0.15) is 0 Å². The lowest BCUT2D eigenvalue weighted by Crippen LogP contribution is -2.42. The Hall–Kier alpha value is -1.36. The first-order valence-corrected chi connectivity index (χ1v) is 6.08. The molecule has 0 aromatic heterocycles. The first-order chi connectivity index (χ1) is 8.66. The number of hydrogen-bond donors (Lipinski definition) is 1. The van der Waals surface area contributed by atoms with Crippen molar-refractivity contribution < 1.29 is 18.3 Å². The van der Waals surface area contributed by atoms with Crippen molar-refractivity contribution in [3.05, 3.63) is 23.3 Å². The molecule has 2 aliphatic rings. The minimum Gasteiger partial charge on any atom is -0.454 e. The van der Waals surface area contributed by atoms with Gasteiger partial charge in [-0.05, 0) is 30.5 Å². The van der Waals surface area contributed by atoms with E-state index in [-0.39, 0.29) is 17.8 Å². The predicted octanol–water partition coefficient (Wildman–Crippen LogP) is 2.73. The largest absolute Gasteiger partial charge is 0.454 e. The molecule has 3 nitrogen and oxygen atoms in total. The van der Waals surface area contributed by atoms with Gasteiger partial charge in [0.2, 0.25) is 6.79 Å². The van der Waals surface area contributed by atoms with Gasteiger partial charge in [0, 0.05) is 17.5 Å². The summed E-state index contributed by atoms with van der Waals surface area (Å²) in [5, 5.41) is 0. The van der Waals surface area contributed by atoms with Crippen LogP contribution in [0.2, 0.25) is 0 Å². The van der Waals surface area contributed by atoms with Crippen LogP contribution in [-0.2, 0) is 5.41 Å².